The fourth-order valence-electron chi connectivity index (χ4n) is 7.03. The highest BCUT2D eigenvalue weighted by Gasteiger charge is 2.21. The molecule has 60 heavy (non-hydrogen) atoms. The molecular formula is C50H96NO8P. The number of quaternary nitrogens is 1. The minimum Gasteiger partial charge on any atom is -0.756 e. The first-order valence-electron chi connectivity index (χ1n) is 25.0. The van der Waals surface area contributed by atoms with Gasteiger partial charge < -0.3 is 27.9 Å². The molecule has 0 N–H and O–H groups in total. The Bertz CT molecular complexity index is 1070. The number of esters is 2. The third kappa shape index (κ3) is 46.0. The van der Waals surface area contributed by atoms with Crippen molar-refractivity contribution >= 4 is 19.8 Å². The van der Waals surface area contributed by atoms with Gasteiger partial charge in [0.05, 0.1) is 27.7 Å². The Morgan fingerprint density at radius 3 is 1.37 bits per heavy atom. The number of phosphoric acid groups is 1. The summed E-state index contributed by atoms with van der Waals surface area (Å²) in [7, 11) is 1.16. The Morgan fingerprint density at radius 2 is 0.917 bits per heavy atom. The van der Waals surface area contributed by atoms with E-state index in [1.165, 1.54) is 135 Å². The summed E-state index contributed by atoms with van der Waals surface area (Å²) >= 11 is 0. The van der Waals surface area contributed by atoms with E-state index in [2.05, 4.69) is 38.2 Å². The molecule has 9 nitrogen and oxygen atoms in total. The van der Waals surface area contributed by atoms with E-state index in [-0.39, 0.29) is 32.0 Å². The summed E-state index contributed by atoms with van der Waals surface area (Å²) in [6, 6.07) is 0. The normalized spacial score (nSPS) is 13.6. The van der Waals surface area contributed by atoms with E-state index in [4.69, 9.17) is 18.5 Å². The summed E-state index contributed by atoms with van der Waals surface area (Å²) < 4.78 is 34.0. The standard InChI is InChI=1S/C50H96NO8P/c1-6-8-10-12-14-16-18-20-22-23-24-25-26-27-28-29-31-32-34-36-38-40-42-49(52)56-46-48(47-58-60(54,55)57-45-44-51(3,4)5)59-50(53)43-41-39-37-35-33-30-21-19-17-15-13-11-9-7-2/h13,15,19,21,48H,6-12,14,16-18,20,22-47H2,1-5H3/b15-13+,21-19+/t48-/m1/s1. The number of carbonyl (C=O) groups is 2. The zero-order chi connectivity index (χ0) is 44.3. The van der Waals surface area contributed by atoms with Crippen molar-refractivity contribution in [3.05, 3.63) is 24.3 Å². The molecule has 0 fully saturated rings. The van der Waals surface area contributed by atoms with Gasteiger partial charge in [-0.15, -0.1) is 0 Å². The highest BCUT2D eigenvalue weighted by atomic mass is 31.2. The second-order valence-electron chi connectivity index (χ2n) is 18.2. The molecule has 0 spiro atoms. The first-order valence-corrected chi connectivity index (χ1v) is 26.5. The minimum atomic E-state index is -4.63. The molecule has 0 aliphatic heterocycles. The molecule has 0 bridgehead atoms. The largest absolute Gasteiger partial charge is 0.756 e. The number of nitrogens with zero attached hydrogens (tertiary/aromatic N) is 1. The number of rotatable bonds is 46. The molecule has 10 heteroatoms. The number of hydrogen-bond donors (Lipinski definition) is 0. The second kappa shape index (κ2) is 42.8. The lowest BCUT2D eigenvalue weighted by molar-refractivity contribution is -0.870. The SMILES string of the molecule is CCCC/C=C/C/C=C/CCCCCCCC(=O)O[C@H](COC(=O)CCCCCCCCCCCCCCCCCCCCCCCC)COP(=O)([O-])OCC[N+](C)(C)C. The number of ether oxygens (including phenoxy) is 2. The van der Waals surface area contributed by atoms with Gasteiger partial charge in [0, 0.05) is 12.8 Å². The van der Waals surface area contributed by atoms with Crippen molar-refractivity contribution in [2.24, 2.45) is 0 Å². The van der Waals surface area contributed by atoms with Crippen molar-refractivity contribution in [1.82, 2.24) is 0 Å². The Morgan fingerprint density at radius 1 is 0.517 bits per heavy atom. The third-order valence-corrected chi connectivity index (χ3v) is 11.9. The summed E-state index contributed by atoms with van der Waals surface area (Å²) in [6.07, 6.45) is 47.8. The molecule has 0 aromatic heterocycles. The van der Waals surface area contributed by atoms with Crippen molar-refractivity contribution in [2.75, 3.05) is 47.5 Å². The Kier molecular flexibility index (Phi) is 41.7. The van der Waals surface area contributed by atoms with Gasteiger partial charge in [0.25, 0.3) is 7.82 Å². The highest BCUT2D eigenvalue weighted by molar-refractivity contribution is 7.45. The van der Waals surface area contributed by atoms with E-state index in [1.54, 1.807) is 0 Å². The Labute approximate surface area is 370 Å². The van der Waals surface area contributed by atoms with E-state index in [0.29, 0.717) is 17.4 Å². The van der Waals surface area contributed by atoms with Gasteiger partial charge in [0.15, 0.2) is 6.10 Å². The van der Waals surface area contributed by atoms with Gasteiger partial charge in [-0.25, -0.2) is 0 Å². The van der Waals surface area contributed by atoms with Crippen molar-refractivity contribution in [3.63, 3.8) is 0 Å². The van der Waals surface area contributed by atoms with Gasteiger partial charge in [0.2, 0.25) is 0 Å². The van der Waals surface area contributed by atoms with Crippen LogP contribution in [-0.4, -0.2) is 70.0 Å². The molecule has 0 saturated carbocycles. The quantitative estimate of drug-likeness (QED) is 0.0195. The van der Waals surface area contributed by atoms with Gasteiger partial charge in [-0.2, -0.15) is 0 Å². The zero-order valence-electron chi connectivity index (χ0n) is 39.9. The number of hydrogen-bond acceptors (Lipinski definition) is 8. The van der Waals surface area contributed by atoms with Gasteiger partial charge in [-0.05, 0) is 38.5 Å². The van der Waals surface area contributed by atoms with E-state index < -0.39 is 26.5 Å². The Hall–Kier alpha value is -1.51. The molecule has 2 atom stereocenters. The lowest BCUT2D eigenvalue weighted by Crippen LogP contribution is -2.37. The fraction of sp³-hybridized carbons (Fsp3) is 0.880. The average Bonchev–Trinajstić information content (AvgIpc) is 3.20. The summed E-state index contributed by atoms with van der Waals surface area (Å²) in [4.78, 5) is 37.6. The number of unbranched alkanes of at least 4 members (excludes halogenated alkanes) is 28. The number of phosphoric ester groups is 1. The van der Waals surface area contributed by atoms with Crippen LogP contribution in [0.15, 0.2) is 24.3 Å². The molecule has 0 aromatic rings. The smallest absolute Gasteiger partial charge is 0.306 e. The zero-order valence-corrected chi connectivity index (χ0v) is 40.8. The van der Waals surface area contributed by atoms with Crippen LogP contribution in [0.4, 0.5) is 0 Å². The van der Waals surface area contributed by atoms with E-state index >= 15 is 0 Å². The highest BCUT2D eigenvalue weighted by Crippen LogP contribution is 2.38. The van der Waals surface area contributed by atoms with E-state index in [9.17, 15) is 19.0 Å². The molecule has 0 aliphatic carbocycles. The monoisotopic (exact) mass is 870 g/mol. The number of allylic oxidation sites excluding steroid dienone is 4. The predicted octanol–water partition coefficient (Wildman–Crippen LogP) is 14.1. The molecule has 0 saturated heterocycles. The number of likely N-dealkylation sites (N-methyl/N-ethyl adjacent to an activating group) is 1. The van der Waals surface area contributed by atoms with Gasteiger partial charge in [0.1, 0.15) is 19.8 Å². The lowest BCUT2D eigenvalue weighted by Gasteiger charge is -2.28. The maximum absolute atomic E-state index is 12.7. The third-order valence-electron chi connectivity index (χ3n) is 11.0. The molecule has 354 valence electrons. The van der Waals surface area contributed by atoms with E-state index in [1.807, 2.05) is 21.1 Å². The van der Waals surface area contributed by atoms with Crippen LogP contribution >= 0.6 is 7.82 Å². The first-order chi connectivity index (χ1) is 29.0. The maximum atomic E-state index is 12.7. The topological polar surface area (TPSA) is 111 Å². The van der Waals surface area contributed by atoms with Crippen LogP contribution in [0.5, 0.6) is 0 Å². The molecule has 0 heterocycles. The maximum Gasteiger partial charge on any atom is 0.306 e. The second-order valence-corrected chi connectivity index (χ2v) is 19.6. The van der Waals surface area contributed by atoms with Crippen molar-refractivity contribution in [1.29, 1.82) is 0 Å². The van der Waals surface area contributed by atoms with E-state index in [0.717, 1.165) is 64.2 Å². The molecule has 0 amide bonds. The van der Waals surface area contributed by atoms with Gasteiger partial charge in [-0.1, -0.05) is 205 Å². The van der Waals surface area contributed by atoms with Crippen LogP contribution in [0.25, 0.3) is 0 Å². The summed E-state index contributed by atoms with van der Waals surface area (Å²) in [5.41, 5.74) is 0. The average molecular weight is 870 g/mol. The van der Waals surface area contributed by atoms with Crippen LogP contribution in [0.3, 0.4) is 0 Å². The van der Waals surface area contributed by atoms with Crippen LogP contribution in [0.2, 0.25) is 0 Å². The van der Waals surface area contributed by atoms with Crippen LogP contribution < -0.4 is 4.89 Å². The van der Waals surface area contributed by atoms with Gasteiger partial charge in [-0.3, -0.25) is 14.2 Å². The number of carbonyl (C=O) groups excluding carboxylic acids is 2. The van der Waals surface area contributed by atoms with Crippen LogP contribution in [-0.2, 0) is 32.7 Å². The molecule has 0 aromatic carbocycles. The Balaban J connectivity index is 4.19. The summed E-state index contributed by atoms with van der Waals surface area (Å²) in [5, 5.41) is 0. The van der Waals surface area contributed by atoms with Crippen LogP contribution in [0, 0.1) is 0 Å². The molecular weight excluding hydrogens is 774 g/mol. The van der Waals surface area contributed by atoms with Crippen molar-refractivity contribution in [3.8, 4) is 0 Å². The molecule has 0 aliphatic rings. The minimum absolute atomic E-state index is 0.0317. The lowest BCUT2D eigenvalue weighted by atomic mass is 10.0. The fourth-order valence-corrected chi connectivity index (χ4v) is 7.75. The van der Waals surface area contributed by atoms with Crippen LogP contribution in [0.1, 0.15) is 232 Å². The summed E-state index contributed by atoms with van der Waals surface area (Å²) in [6.45, 7) is 4.20. The molecule has 1 unspecified atom stereocenters. The molecule has 0 radical (unpaired) electrons. The predicted molar refractivity (Wildman–Crippen MR) is 250 cm³/mol. The first kappa shape index (κ1) is 58.5. The van der Waals surface area contributed by atoms with Crippen molar-refractivity contribution < 1.29 is 42.1 Å². The molecule has 0 rings (SSSR count). The van der Waals surface area contributed by atoms with Crippen molar-refractivity contribution in [2.45, 2.75) is 238 Å². The summed E-state index contributed by atoms with van der Waals surface area (Å²) in [5.74, 6) is -0.840. The van der Waals surface area contributed by atoms with Gasteiger partial charge >= 0.3 is 11.9 Å².